The highest BCUT2D eigenvalue weighted by Crippen LogP contribution is 2.32. The first-order valence-electron chi connectivity index (χ1n) is 12.5. The van der Waals surface area contributed by atoms with E-state index in [4.69, 9.17) is 14.2 Å². The van der Waals surface area contributed by atoms with E-state index in [1.807, 2.05) is 20.8 Å². The van der Waals surface area contributed by atoms with Gasteiger partial charge in [0.05, 0.1) is 0 Å². The first kappa shape index (κ1) is 35.3. The fourth-order valence-corrected chi connectivity index (χ4v) is 7.08. The fraction of sp³-hybridized carbons (Fsp3) is 0.500. The number of hydrogen-bond acceptors (Lipinski definition) is 6. The van der Waals surface area contributed by atoms with Crippen molar-refractivity contribution in [2.75, 3.05) is 0 Å². The third-order valence-electron chi connectivity index (χ3n) is 7.09. The van der Waals surface area contributed by atoms with Crippen molar-refractivity contribution in [1.29, 1.82) is 0 Å². The van der Waals surface area contributed by atoms with Crippen LogP contribution in [-0.2, 0) is 64.4 Å². The average molecular weight is 735 g/mol. The lowest BCUT2D eigenvalue weighted by atomic mass is 9.89. The Morgan fingerprint density at radius 2 is 0.615 bits per heavy atom. The molecule has 0 saturated heterocycles. The largest absolute Gasteiger partial charge is 0.461 e. The van der Waals surface area contributed by atoms with Gasteiger partial charge in [-0.1, -0.05) is 47.8 Å². The lowest BCUT2D eigenvalue weighted by molar-refractivity contribution is -0.142. The molecule has 0 aliphatic heterocycles. The molecule has 0 saturated carbocycles. The molecule has 0 aliphatic carbocycles. The predicted octanol–water partition coefficient (Wildman–Crippen LogP) is 8.10. The summed E-state index contributed by atoms with van der Waals surface area (Å²) in [6.07, 6.45) is 0. The second kappa shape index (κ2) is 16.5. The molecule has 0 aromatic heterocycles. The van der Waals surface area contributed by atoms with Gasteiger partial charge < -0.3 is 14.2 Å². The molecule has 2 aromatic carbocycles. The molecule has 0 atom stereocenters. The van der Waals surface area contributed by atoms with Crippen LogP contribution in [0.3, 0.4) is 0 Å². The molecule has 0 bridgehead atoms. The fourth-order valence-electron chi connectivity index (χ4n) is 4.55. The number of esters is 3. The van der Waals surface area contributed by atoms with Gasteiger partial charge in [-0.2, -0.15) is 0 Å². The Morgan fingerprint density at radius 3 is 0.769 bits per heavy atom. The summed E-state index contributed by atoms with van der Waals surface area (Å²) in [7, 11) is 0. The number of hydrogen-bond donors (Lipinski definition) is 0. The van der Waals surface area contributed by atoms with Gasteiger partial charge in [-0.15, -0.1) is 0 Å². The number of carbonyl (C=O) groups excluding carboxylic acids is 3. The van der Waals surface area contributed by atoms with Gasteiger partial charge in [0.15, 0.2) is 0 Å². The van der Waals surface area contributed by atoms with Crippen LogP contribution >= 0.6 is 47.8 Å². The number of benzene rings is 2. The van der Waals surface area contributed by atoms with Crippen LogP contribution in [0.15, 0.2) is 0 Å². The predicted molar refractivity (Wildman–Crippen MR) is 166 cm³/mol. The molecule has 0 N–H and O–H groups in total. The van der Waals surface area contributed by atoms with Crippen molar-refractivity contribution in [3.8, 4) is 0 Å². The lowest BCUT2D eigenvalue weighted by Crippen LogP contribution is -2.13. The van der Waals surface area contributed by atoms with Crippen molar-refractivity contribution < 1.29 is 28.6 Å². The highest BCUT2D eigenvalue weighted by molar-refractivity contribution is 9.09. The van der Waals surface area contributed by atoms with Crippen molar-refractivity contribution in [2.24, 2.45) is 0 Å². The van der Waals surface area contributed by atoms with Crippen LogP contribution in [0.2, 0.25) is 0 Å². The molecule has 9 heteroatoms. The maximum absolute atomic E-state index is 11.1. The number of ether oxygens (including phenoxy) is 3. The molecule has 0 radical (unpaired) electrons. The average Bonchev–Trinajstić information content (AvgIpc) is 2.84. The Morgan fingerprint density at radius 1 is 0.436 bits per heavy atom. The Labute approximate surface area is 257 Å². The topological polar surface area (TPSA) is 78.9 Å². The smallest absolute Gasteiger partial charge is 0.302 e. The van der Waals surface area contributed by atoms with E-state index in [2.05, 4.69) is 68.6 Å². The van der Waals surface area contributed by atoms with Gasteiger partial charge in [0.1, 0.15) is 19.8 Å². The van der Waals surface area contributed by atoms with E-state index in [0.717, 1.165) is 49.4 Å². The second-order valence-electron chi connectivity index (χ2n) is 9.36. The SMILES string of the molecule is CC(=O)OCc1c(C)c(COC(C)=O)c(C)c(COC(C)=O)c1C.Cc1c(CBr)c(C)c(CBr)c(C)c1CBr. The first-order chi connectivity index (χ1) is 18.2. The van der Waals surface area contributed by atoms with E-state index in [1.165, 1.54) is 54.2 Å². The molecule has 216 valence electrons. The molecule has 0 amide bonds. The van der Waals surface area contributed by atoms with Crippen LogP contribution < -0.4 is 0 Å². The minimum Gasteiger partial charge on any atom is -0.461 e. The van der Waals surface area contributed by atoms with Gasteiger partial charge in [-0.3, -0.25) is 14.4 Å². The highest BCUT2D eigenvalue weighted by Gasteiger charge is 2.19. The molecule has 0 spiro atoms. The summed E-state index contributed by atoms with van der Waals surface area (Å²) in [6.45, 7) is 16.7. The lowest BCUT2D eigenvalue weighted by Gasteiger charge is -2.22. The van der Waals surface area contributed by atoms with Gasteiger partial charge in [0.25, 0.3) is 0 Å². The summed E-state index contributed by atoms with van der Waals surface area (Å²) < 4.78 is 15.4. The van der Waals surface area contributed by atoms with Gasteiger partial charge >= 0.3 is 17.9 Å². The third-order valence-corrected chi connectivity index (χ3v) is 8.77. The second-order valence-corrected chi connectivity index (χ2v) is 11.0. The zero-order valence-corrected chi connectivity index (χ0v) is 29.1. The summed E-state index contributed by atoms with van der Waals surface area (Å²) in [5.41, 5.74) is 13.8. The Hall–Kier alpha value is -1.71. The zero-order valence-electron chi connectivity index (χ0n) is 24.3. The van der Waals surface area contributed by atoms with Crippen molar-refractivity contribution in [3.63, 3.8) is 0 Å². The van der Waals surface area contributed by atoms with Crippen molar-refractivity contribution in [1.82, 2.24) is 0 Å². The molecule has 0 heterocycles. The first-order valence-corrected chi connectivity index (χ1v) is 15.9. The number of carbonyl (C=O) groups is 3. The zero-order chi connectivity index (χ0) is 30.0. The molecule has 2 rings (SSSR count). The molecule has 0 fully saturated rings. The van der Waals surface area contributed by atoms with Crippen molar-refractivity contribution in [3.05, 3.63) is 66.8 Å². The number of rotatable bonds is 9. The van der Waals surface area contributed by atoms with E-state index < -0.39 is 0 Å². The van der Waals surface area contributed by atoms with Gasteiger partial charge in [-0.05, 0) is 108 Å². The maximum atomic E-state index is 11.1. The van der Waals surface area contributed by atoms with Crippen LogP contribution in [0.4, 0.5) is 0 Å². The van der Waals surface area contributed by atoms with Crippen molar-refractivity contribution >= 4 is 65.7 Å². The Kier molecular flexibility index (Phi) is 15.0. The van der Waals surface area contributed by atoms with Gasteiger partial charge in [0.2, 0.25) is 0 Å². The van der Waals surface area contributed by atoms with Crippen LogP contribution in [0.5, 0.6) is 0 Å². The maximum Gasteiger partial charge on any atom is 0.302 e. The van der Waals surface area contributed by atoms with E-state index in [9.17, 15) is 14.4 Å². The summed E-state index contributed by atoms with van der Waals surface area (Å²) >= 11 is 10.7. The standard InChI is InChI=1S/C18H24O6.C12H15Br3/c1-10-16(7-22-13(4)19)11(2)18(9-24-15(6)21)12(3)17(10)8-23-14(5)20;1-7-10(4-13)8(2)12(6-15)9(3)11(7)5-14/h7-9H2,1-6H3;4-6H2,1-3H3. The van der Waals surface area contributed by atoms with Crippen LogP contribution in [0.25, 0.3) is 0 Å². The van der Waals surface area contributed by atoms with Crippen molar-refractivity contribution in [2.45, 2.75) is 98.1 Å². The van der Waals surface area contributed by atoms with E-state index in [1.54, 1.807) is 0 Å². The van der Waals surface area contributed by atoms with Crippen LogP contribution in [-0.4, -0.2) is 17.9 Å². The normalized spacial score (nSPS) is 10.5. The van der Waals surface area contributed by atoms with Gasteiger partial charge in [0, 0.05) is 36.8 Å². The van der Waals surface area contributed by atoms with Crippen LogP contribution in [0.1, 0.15) is 87.5 Å². The number of alkyl halides is 3. The molecule has 39 heavy (non-hydrogen) atoms. The summed E-state index contributed by atoms with van der Waals surface area (Å²) in [5, 5.41) is 2.81. The summed E-state index contributed by atoms with van der Waals surface area (Å²) in [5.74, 6) is -1.13. The molecular weight excluding hydrogens is 696 g/mol. The quantitative estimate of drug-likeness (QED) is 0.147. The Bertz CT molecular complexity index is 1030. The minimum absolute atomic E-state index is 0.118. The number of halogens is 3. The molecule has 2 aromatic rings. The van der Waals surface area contributed by atoms with E-state index >= 15 is 0 Å². The summed E-state index contributed by atoms with van der Waals surface area (Å²) in [4.78, 5) is 33.4. The molecule has 0 unspecified atom stereocenters. The monoisotopic (exact) mass is 732 g/mol. The summed E-state index contributed by atoms with van der Waals surface area (Å²) in [6, 6.07) is 0. The minimum atomic E-state index is -0.377. The Balaban J connectivity index is 0.000000434. The van der Waals surface area contributed by atoms with E-state index in [0.29, 0.717) is 0 Å². The molecular formula is C30H39Br3O6. The van der Waals surface area contributed by atoms with E-state index in [-0.39, 0.29) is 37.7 Å². The highest BCUT2D eigenvalue weighted by atomic mass is 79.9. The molecule has 0 aliphatic rings. The third kappa shape index (κ3) is 9.42. The van der Waals surface area contributed by atoms with Crippen LogP contribution in [0, 0.1) is 41.5 Å². The van der Waals surface area contributed by atoms with Gasteiger partial charge in [-0.25, -0.2) is 0 Å². The molecule has 6 nitrogen and oxygen atoms in total.